The summed E-state index contributed by atoms with van der Waals surface area (Å²) in [5.74, 6) is -1.14. The summed E-state index contributed by atoms with van der Waals surface area (Å²) >= 11 is 0. The minimum atomic E-state index is -0.646. The minimum absolute atomic E-state index is 0.00262. The average Bonchev–Trinajstić information content (AvgIpc) is 3.27. The Morgan fingerprint density at radius 2 is 1.50 bits per heavy atom. The van der Waals surface area contributed by atoms with Gasteiger partial charge in [-0.3, -0.25) is 29.8 Å². The fraction of sp³-hybridized carbons (Fsp3) is 0. The summed E-state index contributed by atoms with van der Waals surface area (Å²) < 4.78 is 1.92. The van der Waals surface area contributed by atoms with Gasteiger partial charge in [0.1, 0.15) is 6.33 Å². The summed E-state index contributed by atoms with van der Waals surface area (Å²) in [6.07, 6.45) is 1.72. The third-order valence-corrected chi connectivity index (χ3v) is 5.06. The lowest BCUT2D eigenvalue weighted by Crippen LogP contribution is -2.42. The van der Waals surface area contributed by atoms with Crippen LogP contribution in [0.2, 0.25) is 0 Å². The fourth-order valence-corrected chi connectivity index (χ4v) is 3.47. The predicted octanol–water partition coefficient (Wildman–Crippen LogP) is 2.34. The molecular weight excluding hydrogens is 408 g/mol. The molecular formula is C23H16N6O3. The molecule has 2 amide bonds. The number of hydrogen-bond acceptors (Lipinski definition) is 5. The first-order valence-corrected chi connectivity index (χ1v) is 9.72. The predicted molar refractivity (Wildman–Crippen MR) is 118 cm³/mol. The Hall–Kier alpha value is -4.79. The van der Waals surface area contributed by atoms with Crippen molar-refractivity contribution in [3.8, 4) is 5.69 Å². The van der Waals surface area contributed by atoms with Crippen LogP contribution in [0.3, 0.4) is 0 Å². The molecule has 9 nitrogen and oxygen atoms in total. The van der Waals surface area contributed by atoms with Crippen LogP contribution >= 0.6 is 0 Å². The van der Waals surface area contributed by atoms with E-state index in [1.165, 1.54) is 0 Å². The van der Waals surface area contributed by atoms with E-state index in [0.717, 1.165) is 16.7 Å². The van der Waals surface area contributed by atoms with Gasteiger partial charge in [0.2, 0.25) is 0 Å². The van der Waals surface area contributed by atoms with Crippen LogP contribution in [-0.2, 0) is 0 Å². The molecule has 0 unspecified atom stereocenters. The van der Waals surface area contributed by atoms with E-state index in [1.807, 2.05) is 28.8 Å². The molecule has 5 aromatic rings. The molecule has 0 fully saturated rings. The van der Waals surface area contributed by atoms with Crippen LogP contribution in [0.5, 0.6) is 0 Å². The number of hydrazine groups is 1. The smallest absolute Gasteiger partial charge is 0.290 e. The van der Waals surface area contributed by atoms with Crippen molar-refractivity contribution in [1.29, 1.82) is 0 Å². The van der Waals surface area contributed by atoms with Gasteiger partial charge in [-0.05, 0) is 42.5 Å². The van der Waals surface area contributed by atoms with E-state index in [4.69, 9.17) is 0 Å². The minimum Gasteiger partial charge on any atom is -0.299 e. The Kier molecular flexibility index (Phi) is 4.68. The summed E-state index contributed by atoms with van der Waals surface area (Å²) in [7, 11) is 0. The molecule has 0 aliphatic carbocycles. The van der Waals surface area contributed by atoms with Gasteiger partial charge < -0.3 is 0 Å². The molecule has 0 spiro atoms. The summed E-state index contributed by atoms with van der Waals surface area (Å²) in [5, 5.41) is 6.82. The van der Waals surface area contributed by atoms with Crippen LogP contribution in [0.15, 0.2) is 83.9 Å². The Balaban J connectivity index is 1.31. The number of H-pyrrole nitrogens is 1. The van der Waals surface area contributed by atoms with Crippen molar-refractivity contribution in [2.45, 2.75) is 0 Å². The number of imidazole rings is 1. The van der Waals surface area contributed by atoms with Gasteiger partial charge in [-0.2, -0.15) is 5.10 Å². The van der Waals surface area contributed by atoms with E-state index in [1.54, 1.807) is 54.9 Å². The average molecular weight is 424 g/mol. The Labute approximate surface area is 180 Å². The lowest BCUT2D eigenvalue weighted by Gasteiger charge is -2.09. The van der Waals surface area contributed by atoms with Crippen molar-refractivity contribution in [2.24, 2.45) is 0 Å². The second-order valence-electron chi connectivity index (χ2n) is 7.01. The first kappa shape index (κ1) is 19.2. The van der Waals surface area contributed by atoms with Gasteiger partial charge in [0.15, 0.2) is 5.69 Å². The van der Waals surface area contributed by atoms with E-state index in [0.29, 0.717) is 16.3 Å². The number of hydrogen-bond donors (Lipinski definition) is 3. The number of aromatic amines is 1. The molecule has 0 bridgehead atoms. The highest BCUT2D eigenvalue weighted by molar-refractivity contribution is 6.06. The van der Waals surface area contributed by atoms with Gasteiger partial charge in [-0.15, -0.1) is 0 Å². The fourth-order valence-electron chi connectivity index (χ4n) is 3.47. The number of fused-ring (bicyclic) bond motifs is 2. The molecule has 156 valence electrons. The van der Waals surface area contributed by atoms with Crippen LogP contribution in [0.25, 0.3) is 27.5 Å². The maximum absolute atomic E-state index is 12.5. The zero-order valence-corrected chi connectivity index (χ0v) is 16.6. The summed E-state index contributed by atoms with van der Waals surface area (Å²) in [6, 6.07) is 21.2. The molecule has 2 heterocycles. The number of amides is 2. The lowest BCUT2D eigenvalue weighted by atomic mass is 10.1. The van der Waals surface area contributed by atoms with Crippen LogP contribution in [0.1, 0.15) is 20.8 Å². The highest BCUT2D eigenvalue weighted by Gasteiger charge is 2.15. The van der Waals surface area contributed by atoms with Crippen LogP contribution < -0.4 is 16.4 Å². The third-order valence-electron chi connectivity index (χ3n) is 5.06. The number of nitrogens with one attached hydrogen (secondary N) is 3. The second-order valence-corrected chi connectivity index (χ2v) is 7.01. The van der Waals surface area contributed by atoms with Crippen molar-refractivity contribution in [3.63, 3.8) is 0 Å². The summed E-state index contributed by atoms with van der Waals surface area (Å²) in [6.45, 7) is 0. The SMILES string of the molecule is O=C(NNC(=O)c1n[nH]c(=O)c2ccccc12)c1ccc(-n2cnc3ccccc32)cc1. The highest BCUT2D eigenvalue weighted by Crippen LogP contribution is 2.18. The molecule has 3 N–H and O–H groups in total. The van der Waals surface area contributed by atoms with Gasteiger partial charge in [-0.1, -0.05) is 30.3 Å². The van der Waals surface area contributed by atoms with E-state index in [-0.39, 0.29) is 5.69 Å². The number of carbonyl (C=O) groups excluding carboxylic acids is 2. The molecule has 32 heavy (non-hydrogen) atoms. The van der Waals surface area contributed by atoms with Gasteiger partial charge in [0.25, 0.3) is 17.4 Å². The Bertz CT molecular complexity index is 1540. The molecule has 0 saturated heterocycles. The maximum atomic E-state index is 12.5. The van der Waals surface area contributed by atoms with E-state index in [2.05, 4.69) is 26.0 Å². The molecule has 9 heteroatoms. The molecule has 2 aromatic heterocycles. The first-order valence-electron chi connectivity index (χ1n) is 9.72. The van der Waals surface area contributed by atoms with Gasteiger partial charge in [-0.25, -0.2) is 10.1 Å². The van der Waals surface area contributed by atoms with Crippen LogP contribution in [0, 0.1) is 0 Å². The Morgan fingerprint density at radius 1 is 0.812 bits per heavy atom. The number of benzene rings is 3. The van der Waals surface area contributed by atoms with Gasteiger partial charge in [0, 0.05) is 16.6 Å². The number of carbonyl (C=O) groups is 2. The molecule has 0 radical (unpaired) electrons. The monoisotopic (exact) mass is 424 g/mol. The largest absolute Gasteiger partial charge is 0.299 e. The highest BCUT2D eigenvalue weighted by atomic mass is 16.2. The van der Waals surface area contributed by atoms with Crippen molar-refractivity contribution in [2.75, 3.05) is 0 Å². The van der Waals surface area contributed by atoms with Crippen molar-refractivity contribution in [3.05, 3.63) is 101 Å². The van der Waals surface area contributed by atoms with Crippen molar-refractivity contribution < 1.29 is 9.59 Å². The number of para-hydroxylation sites is 2. The van der Waals surface area contributed by atoms with E-state index >= 15 is 0 Å². The molecule has 0 aliphatic rings. The van der Waals surface area contributed by atoms with E-state index in [9.17, 15) is 14.4 Å². The standard InChI is InChI=1S/C23H16N6O3/c30-21(26-28-23(32)20-16-5-1-2-6-17(16)22(31)27-25-20)14-9-11-15(12-10-14)29-13-24-18-7-3-4-8-19(18)29/h1-13H,(H,26,30)(H,27,31)(H,28,32). The summed E-state index contributed by atoms with van der Waals surface area (Å²) in [5.41, 5.74) is 7.35. The zero-order valence-electron chi connectivity index (χ0n) is 16.6. The zero-order chi connectivity index (χ0) is 22.1. The summed E-state index contributed by atoms with van der Waals surface area (Å²) in [4.78, 5) is 41.2. The van der Waals surface area contributed by atoms with Crippen LogP contribution in [0.4, 0.5) is 0 Å². The second kappa shape index (κ2) is 7.80. The topological polar surface area (TPSA) is 122 Å². The maximum Gasteiger partial charge on any atom is 0.290 e. The van der Waals surface area contributed by atoms with Crippen molar-refractivity contribution in [1.82, 2.24) is 30.6 Å². The third kappa shape index (κ3) is 3.37. The van der Waals surface area contributed by atoms with Gasteiger partial charge in [0.05, 0.1) is 16.4 Å². The molecule has 5 rings (SSSR count). The number of rotatable bonds is 3. The molecule has 0 aliphatic heterocycles. The number of aromatic nitrogens is 4. The van der Waals surface area contributed by atoms with Gasteiger partial charge >= 0.3 is 0 Å². The first-order chi connectivity index (χ1) is 15.6. The normalized spacial score (nSPS) is 10.9. The number of nitrogens with zero attached hydrogens (tertiary/aromatic N) is 3. The van der Waals surface area contributed by atoms with Crippen molar-refractivity contribution >= 4 is 33.6 Å². The van der Waals surface area contributed by atoms with Crippen LogP contribution in [-0.4, -0.2) is 31.6 Å². The Morgan fingerprint density at radius 3 is 2.31 bits per heavy atom. The molecule has 0 atom stereocenters. The lowest BCUT2D eigenvalue weighted by molar-refractivity contribution is 0.0844. The molecule has 0 saturated carbocycles. The van der Waals surface area contributed by atoms with E-state index < -0.39 is 17.4 Å². The quantitative estimate of drug-likeness (QED) is 0.384. The molecule has 3 aromatic carbocycles.